The highest BCUT2D eigenvalue weighted by Gasteiger charge is 2.33. The van der Waals surface area contributed by atoms with E-state index in [1.807, 2.05) is 22.1 Å². The third-order valence-corrected chi connectivity index (χ3v) is 8.50. The standard InChI is InChI=1S/C31H38N4O3/c1-22-28(9-6-25-3-2-14-33-30(22)25)23-4-7-26(8-5-23)38-27-12-18-35(19-13-27)31(36)34-16-10-24(11-17-34)29-21-32-15-20-37-29/h2-9,14,24,27,29,32H,10-13,15-21H2,1H3. The summed E-state index contributed by atoms with van der Waals surface area (Å²) in [5.74, 6) is 1.44. The number of nitrogens with zero attached hydrogens (tertiary/aromatic N) is 3. The van der Waals surface area contributed by atoms with Crippen molar-refractivity contribution in [3.63, 3.8) is 0 Å². The summed E-state index contributed by atoms with van der Waals surface area (Å²) in [7, 11) is 0. The lowest BCUT2D eigenvalue weighted by molar-refractivity contribution is -0.0254. The average molecular weight is 515 g/mol. The van der Waals surface area contributed by atoms with Crippen LogP contribution in [-0.2, 0) is 4.74 Å². The second-order valence-corrected chi connectivity index (χ2v) is 10.9. The summed E-state index contributed by atoms with van der Waals surface area (Å²) < 4.78 is 12.3. The summed E-state index contributed by atoms with van der Waals surface area (Å²) in [5.41, 5.74) is 4.60. The highest BCUT2D eigenvalue weighted by Crippen LogP contribution is 2.31. The van der Waals surface area contributed by atoms with Crippen LogP contribution in [0.4, 0.5) is 4.79 Å². The van der Waals surface area contributed by atoms with Crippen molar-refractivity contribution in [2.75, 3.05) is 45.9 Å². The zero-order valence-electron chi connectivity index (χ0n) is 22.3. The molecule has 4 heterocycles. The number of nitrogens with one attached hydrogen (secondary N) is 1. The van der Waals surface area contributed by atoms with Crippen LogP contribution >= 0.6 is 0 Å². The summed E-state index contributed by atoms with van der Waals surface area (Å²) in [4.78, 5) is 21.8. The van der Waals surface area contributed by atoms with Crippen LogP contribution in [0.3, 0.4) is 0 Å². The summed E-state index contributed by atoms with van der Waals surface area (Å²) in [6.07, 6.45) is 6.07. The van der Waals surface area contributed by atoms with Gasteiger partial charge in [-0.3, -0.25) is 4.98 Å². The lowest BCUT2D eigenvalue weighted by Crippen LogP contribution is -2.52. The molecule has 2 amide bonds. The molecule has 6 rings (SSSR count). The second-order valence-electron chi connectivity index (χ2n) is 10.9. The first-order valence-corrected chi connectivity index (χ1v) is 14.1. The van der Waals surface area contributed by atoms with E-state index in [0.29, 0.717) is 12.0 Å². The number of ether oxygens (including phenoxy) is 2. The number of carbonyl (C=O) groups is 1. The van der Waals surface area contributed by atoms with Crippen molar-refractivity contribution < 1.29 is 14.3 Å². The number of carbonyl (C=O) groups excluding carboxylic acids is 1. The molecule has 0 bridgehead atoms. The first-order valence-electron chi connectivity index (χ1n) is 14.1. The van der Waals surface area contributed by atoms with Gasteiger partial charge in [0.2, 0.25) is 0 Å². The van der Waals surface area contributed by atoms with Crippen LogP contribution in [0.1, 0.15) is 31.2 Å². The van der Waals surface area contributed by atoms with Crippen LogP contribution in [0.2, 0.25) is 0 Å². The fourth-order valence-corrected chi connectivity index (χ4v) is 6.23. The third kappa shape index (κ3) is 5.36. The molecule has 1 atom stereocenters. The quantitative estimate of drug-likeness (QED) is 0.538. The summed E-state index contributed by atoms with van der Waals surface area (Å²) in [5, 5.41) is 4.59. The van der Waals surface area contributed by atoms with E-state index in [0.717, 1.165) is 93.8 Å². The Morgan fingerprint density at radius 3 is 2.42 bits per heavy atom. The van der Waals surface area contributed by atoms with Gasteiger partial charge in [-0.05, 0) is 60.6 Å². The van der Waals surface area contributed by atoms with Gasteiger partial charge in [0, 0.05) is 63.7 Å². The number of piperidine rings is 2. The number of pyridine rings is 1. The maximum absolute atomic E-state index is 13.1. The van der Waals surface area contributed by atoms with E-state index in [1.165, 1.54) is 11.1 Å². The summed E-state index contributed by atoms with van der Waals surface area (Å²) in [6.45, 7) is 7.98. The van der Waals surface area contributed by atoms with Gasteiger partial charge in [0.05, 0.1) is 18.2 Å². The maximum Gasteiger partial charge on any atom is 0.320 e. The van der Waals surface area contributed by atoms with E-state index in [2.05, 4.69) is 59.7 Å². The van der Waals surface area contributed by atoms with Crippen molar-refractivity contribution in [3.8, 4) is 16.9 Å². The van der Waals surface area contributed by atoms with Crippen molar-refractivity contribution in [2.24, 2.45) is 5.92 Å². The summed E-state index contributed by atoms with van der Waals surface area (Å²) in [6, 6.07) is 16.9. The molecule has 3 saturated heterocycles. The number of hydrogen-bond acceptors (Lipinski definition) is 5. The highest BCUT2D eigenvalue weighted by molar-refractivity contribution is 5.88. The molecular formula is C31H38N4O3. The van der Waals surface area contributed by atoms with E-state index in [9.17, 15) is 4.79 Å². The smallest absolute Gasteiger partial charge is 0.320 e. The van der Waals surface area contributed by atoms with Gasteiger partial charge in [-0.2, -0.15) is 0 Å². The van der Waals surface area contributed by atoms with Gasteiger partial charge in [-0.1, -0.05) is 30.3 Å². The van der Waals surface area contributed by atoms with Gasteiger partial charge < -0.3 is 24.6 Å². The number of fused-ring (bicyclic) bond motifs is 1. The third-order valence-electron chi connectivity index (χ3n) is 8.50. The fraction of sp³-hybridized carbons (Fsp3) is 0.484. The molecule has 1 aromatic heterocycles. The topological polar surface area (TPSA) is 66.9 Å². The van der Waals surface area contributed by atoms with Crippen molar-refractivity contribution in [3.05, 3.63) is 60.3 Å². The number of hydrogen-bond donors (Lipinski definition) is 1. The molecule has 0 radical (unpaired) electrons. The molecule has 1 N–H and O–H groups in total. The first-order chi connectivity index (χ1) is 18.7. The van der Waals surface area contributed by atoms with Gasteiger partial charge in [-0.15, -0.1) is 0 Å². The summed E-state index contributed by atoms with van der Waals surface area (Å²) >= 11 is 0. The van der Waals surface area contributed by atoms with E-state index in [4.69, 9.17) is 9.47 Å². The fourth-order valence-electron chi connectivity index (χ4n) is 6.23. The number of aryl methyl sites for hydroxylation is 1. The van der Waals surface area contributed by atoms with Crippen LogP contribution in [-0.4, -0.2) is 78.9 Å². The molecule has 0 saturated carbocycles. The molecule has 7 heteroatoms. The van der Waals surface area contributed by atoms with Crippen molar-refractivity contribution in [1.82, 2.24) is 20.1 Å². The number of likely N-dealkylation sites (tertiary alicyclic amines) is 2. The number of urea groups is 1. The van der Waals surface area contributed by atoms with Crippen LogP contribution in [0, 0.1) is 12.8 Å². The van der Waals surface area contributed by atoms with Crippen molar-refractivity contribution in [1.29, 1.82) is 0 Å². The number of amides is 2. The molecule has 1 unspecified atom stereocenters. The van der Waals surface area contributed by atoms with E-state index in [1.54, 1.807) is 0 Å². The largest absolute Gasteiger partial charge is 0.490 e. The number of morpholine rings is 1. The molecule has 3 aliphatic heterocycles. The Labute approximate surface area is 225 Å². The molecule has 3 fully saturated rings. The molecule has 0 spiro atoms. The Morgan fingerprint density at radius 1 is 0.974 bits per heavy atom. The lowest BCUT2D eigenvalue weighted by Gasteiger charge is -2.40. The zero-order valence-corrected chi connectivity index (χ0v) is 22.3. The molecule has 200 valence electrons. The van der Waals surface area contributed by atoms with Crippen molar-refractivity contribution >= 4 is 16.9 Å². The van der Waals surface area contributed by atoms with E-state index < -0.39 is 0 Å². The predicted molar refractivity (Wildman–Crippen MR) is 149 cm³/mol. The van der Waals surface area contributed by atoms with E-state index in [-0.39, 0.29) is 12.1 Å². The van der Waals surface area contributed by atoms with Gasteiger partial charge in [-0.25, -0.2) is 4.79 Å². The Bertz CT molecular complexity index is 1240. The van der Waals surface area contributed by atoms with Gasteiger partial charge in [0.25, 0.3) is 0 Å². The Morgan fingerprint density at radius 2 is 1.71 bits per heavy atom. The lowest BCUT2D eigenvalue weighted by atomic mass is 9.90. The molecule has 3 aromatic rings. The van der Waals surface area contributed by atoms with Crippen LogP contribution in [0.15, 0.2) is 54.7 Å². The second kappa shape index (κ2) is 11.3. The molecule has 7 nitrogen and oxygen atoms in total. The monoisotopic (exact) mass is 514 g/mol. The number of rotatable bonds is 4. The Balaban J connectivity index is 0.991. The molecule has 2 aromatic carbocycles. The van der Waals surface area contributed by atoms with Gasteiger partial charge in [0.15, 0.2) is 0 Å². The van der Waals surface area contributed by atoms with Gasteiger partial charge in [0.1, 0.15) is 11.9 Å². The van der Waals surface area contributed by atoms with E-state index >= 15 is 0 Å². The normalized spacial score (nSPS) is 21.6. The molecule has 38 heavy (non-hydrogen) atoms. The Hall–Kier alpha value is -3.16. The number of aromatic nitrogens is 1. The maximum atomic E-state index is 13.1. The highest BCUT2D eigenvalue weighted by atomic mass is 16.5. The molecular weight excluding hydrogens is 476 g/mol. The molecule has 0 aliphatic carbocycles. The predicted octanol–water partition coefficient (Wildman–Crippen LogP) is 4.87. The SMILES string of the molecule is Cc1c(-c2ccc(OC3CCN(C(=O)N4CCC(C5CNCCO5)CC4)CC3)cc2)ccc2cccnc12. The van der Waals surface area contributed by atoms with Crippen LogP contribution < -0.4 is 10.1 Å². The van der Waals surface area contributed by atoms with Crippen molar-refractivity contribution in [2.45, 2.75) is 44.8 Å². The molecule has 3 aliphatic rings. The minimum Gasteiger partial charge on any atom is -0.490 e. The minimum absolute atomic E-state index is 0.137. The first kappa shape index (κ1) is 25.1. The minimum atomic E-state index is 0.137. The average Bonchev–Trinajstić information content (AvgIpc) is 2.99. The number of benzene rings is 2. The van der Waals surface area contributed by atoms with Gasteiger partial charge >= 0.3 is 6.03 Å². The zero-order chi connectivity index (χ0) is 25.9. The van der Waals surface area contributed by atoms with Crippen LogP contribution in [0.25, 0.3) is 22.0 Å². The van der Waals surface area contributed by atoms with Crippen LogP contribution in [0.5, 0.6) is 5.75 Å². The Kier molecular flexibility index (Phi) is 7.47.